The quantitative estimate of drug-likeness (QED) is 0.520. The van der Waals surface area contributed by atoms with E-state index in [0.717, 1.165) is 5.56 Å². The van der Waals surface area contributed by atoms with E-state index in [0.29, 0.717) is 6.61 Å². The molecule has 22 heavy (non-hydrogen) atoms. The third-order valence-corrected chi connectivity index (χ3v) is 5.13. The van der Waals surface area contributed by atoms with Gasteiger partial charge in [-0.2, -0.15) is 0 Å². The molecule has 0 aromatic heterocycles. The highest BCUT2D eigenvalue weighted by molar-refractivity contribution is 7.54. The van der Waals surface area contributed by atoms with Crippen LogP contribution in [0.2, 0.25) is 0 Å². The summed E-state index contributed by atoms with van der Waals surface area (Å²) < 4.78 is 28.9. The zero-order valence-corrected chi connectivity index (χ0v) is 14.7. The van der Waals surface area contributed by atoms with Gasteiger partial charge in [0.05, 0.1) is 25.4 Å². The Morgan fingerprint density at radius 2 is 1.59 bits per heavy atom. The van der Waals surface area contributed by atoms with Crippen molar-refractivity contribution in [3.8, 4) is 0 Å². The highest BCUT2D eigenvalue weighted by Crippen LogP contribution is 2.55. The van der Waals surface area contributed by atoms with Gasteiger partial charge in [0, 0.05) is 6.42 Å². The van der Waals surface area contributed by atoms with Gasteiger partial charge < -0.3 is 18.9 Å². The molecule has 1 atom stereocenters. The lowest BCUT2D eigenvalue weighted by molar-refractivity contribution is 0.0668. The van der Waals surface area contributed by atoms with Gasteiger partial charge in [-0.1, -0.05) is 30.3 Å². The van der Waals surface area contributed by atoms with Crippen molar-refractivity contribution in [3.63, 3.8) is 0 Å². The van der Waals surface area contributed by atoms with Gasteiger partial charge in [-0.3, -0.25) is 4.57 Å². The summed E-state index contributed by atoms with van der Waals surface area (Å²) in [6, 6.07) is 9.75. The SMILES string of the molecule is CC(C)OP(=O)(OC(C)C)C(O)CCOCc1ccccc1. The molecule has 126 valence electrons. The van der Waals surface area contributed by atoms with Gasteiger partial charge in [0.1, 0.15) is 0 Å². The fourth-order valence-electron chi connectivity index (χ4n) is 1.86. The van der Waals surface area contributed by atoms with Crippen LogP contribution < -0.4 is 0 Å². The number of aliphatic hydroxyl groups is 1. The van der Waals surface area contributed by atoms with Gasteiger partial charge in [0.25, 0.3) is 0 Å². The number of rotatable bonds is 10. The van der Waals surface area contributed by atoms with E-state index in [4.69, 9.17) is 13.8 Å². The molecule has 1 rings (SSSR count). The number of aliphatic hydroxyl groups excluding tert-OH is 1. The summed E-state index contributed by atoms with van der Waals surface area (Å²) >= 11 is 0. The van der Waals surface area contributed by atoms with Crippen molar-refractivity contribution in [1.82, 2.24) is 0 Å². The molecule has 1 aromatic rings. The van der Waals surface area contributed by atoms with Crippen molar-refractivity contribution in [2.45, 2.75) is 58.8 Å². The summed E-state index contributed by atoms with van der Waals surface area (Å²) in [4.78, 5) is 0. The number of hydrogen-bond acceptors (Lipinski definition) is 5. The predicted octanol–water partition coefficient (Wildman–Crippen LogP) is 3.95. The van der Waals surface area contributed by atoms with Crippen molar-refractivity contribution >= 4 is 7.60 Å². The minimum atomic E-state index is -3.56. The van der Waals surface area contributed by atoms with Gasteiger partial charge in [0.2, 0.25) is 0 Å². The molecule has 0 aliphatic carbocycles. The molecular weight excluding hydrogens is 303 g/mol. The van der Waals surface area contributed by atoms with E-state index in [1.54, 1.807) is 27.7 Å². The van der Waals surface area contributed by atoms with Crippen LogP contribution in [0.5, 0.6) is 0 Å². The molecular formula is C16H27O5P. The van der Waals surface area contributed by atoms with Gasteiger partial charge in [0.15, 0.2) is 5.85 Å². The smallest absolute Gasteiger partial charge is 0.359 e. The van der Waals surface area contributed by atoms with Gasteiger partial charge in [-0.05, 0) is 33.3 Å². The van der Waals surface area contributed by atoms with Crippen LogP contribution in [-0.2, 0) is 25.0 Å². The molecule has 1 unspecified atom stereocenters. The van der Waals surface area contributed by atoms with Crippen molar-refractivity contribution in [2.24, 2.45) is 0 Å². The van der Waals surface area contributed by atoms with Crippen molar-refractivity contribution in [1.29, 1.82) is 0 Å². The number of benzene rings is 1. The topological polar surface area (TPSA) is 65.0 Å². The monoisotopic (exact) mass is 330 g/mol. The Hall–Kier alpha value is -0.710. The maximum absolute atomic E-state index is 12.6. The van der Waals surface area contributed by atoms with Crippen molar-refractivity contribution < 1.29 is 23.5 Å². The molecule has 0 spiro atoms. The van der Waals surface area contributed by atoms with Crippen LogP contribution in [0.1, 0.15) is 39.7 Å². The van der Waals surface area contributed by atoms with Crippen LogP contribution in [0.15, 0.2) is 30.3 Å². The molecule has 5 nitrogen and oxygen atoms in total. The second kappa shape index (κ2) is 9.43. The molecule has 1 N–H and O–H groups in total. The average molecular weight is 330 g/mol. The minimum Gasteiger partial charge on any atom is -0.380 e. The zero-order chi connectivity index (χ0) is 16.6. The molecule has 0 aliphatic heterocycles. The van der Waals surface area contributed by atoms with Crippen LogP contribution in [0.25, 0.3) is 0 Å². The molecule has 0 radical (unpaired) electrons. The summed E-state index contributed by atoms with van der Waals surface area (Å²) in [7, 11) is -3.56. The lowest BCUT2D eigenvalue weighted by Crippen LogP contribution is -2.19. The molecule has 0 amide bonds. The first-order valence-corrected chi connectivity index (χ1v) is 9.21. The third-order valence-electron chi connectivity index (χ3n) is 2.71. The van der Waals surface area contributed by atoms with E-state index in [-0.39, 0.29) is 25.2 Å². The van der Waals surface area contributed by atoms with Gasteiger partial charge >= 0.3 is 7.60 Å². The normalized spacial score (nSPS) is 13.8. The molecule has 0 saturated heterocycles. The first-order chi connectivity index (χ1) is 10.3. The summed E-state index contributed by atoms with van der Waals surface area (Å²) in [5, 5.41) is 10.2. The molecule has 0 bridgehead atoms. The lowest BCUT2D eigenvalue weighted by Gasteiger charge is -2.26. The predicted molar refractivity (Wildman–Crippen MR) is 86.8 cm³/mol. The minimum absolute atomic E-state index is 0.198. The van der Waals surface area contributed by atoms with E-state index in [1.807, 2.05) is 30.3 Å². The van der Waals surface area contributed by atoms with E-state index in [9.17, 15) is 9.67 Å². The first kappa shape index (κ1) is 19.3. The Morgan fingerprint density at radius 3 is 2.09 bits per heavy atom. The standard InChI is InChI=1S/C16H27O5P/c1-13(2)20-22(18,21-14(3)4)16(17)10-11-19-12-15-8-6-5-7-9-15/h5-9,13-14,16-17H,10-12H2,1-4H3. The maximum atomic E-state index is 12.6. The summed E-state index contributed by atoms with van der Waals surface area (Å²) in [6.07, 6.45) is -0.377. The maximum Gasteiger partial charge on any atom is 0.359 e. The summed E-state index contributed by atoms with van der Waals surface area (Å²) in [5.41, 5.74) is 1.05. The molecule has 1 aromatic carbocycles. The van der Waals surface area contributed by atoms with E-state index in [1.165, 1.54) is 0 Å². The average Bonchev–Trinajstić information content (AvgIpc) is 2.42. The van der Waals surface area contributed by atoms with E-state index in [2.05, 4.69) is 0 Å². The fraction of sp³-hybridized carbons (Fsp3) is 0.625. The number of hydrogen-bond donors (Lipinski definition) is 1. The van der Waals surface area contributed by atoms with Crippen LogP contribution in [0.3, 0.4) is 0 Å². The Labute approximate surface area is 133 Å². The van der Waals surface area contributed by atoms with E-state index >= 15 is 0 Å². The second-order valence-corrected chi connectivity index (χ2v) is 7.75. The van der Waals surface area contributed by atoms with Crippen LogP contribution >= 0.6 is 7.60 Å². The van der Waals surface area contributed by atoms with Crippen LogP contribution in [0, 0.1) is 0 Å². The summed E-state index contributed by atoms with van der Waals surface area (Å²) in [5.74, 6) is -1.19. The first-order valence-electron chi connectivity index (χ1n) is 7.59. The Kier molecular flexibility index (Phi) is 8.29. The molecule has 0 saturated carbocycles. The Morgan fingerprint density at radius 1 is 1.05 bits per heavy atom. The fourth-order valence-corrected chi connectivity index (χ4v) is 3.79. The van der Waals surface area contributed by atoms with Crippen molar-refractivity contribution in [2.75, 3.05) is 6.61 Å². The molecule has 0 fully saturated rings. The Bertz CT molecular complexity index is 447. The van der Waals surface area contributed by atoms with Crippen LogP contribution in [-0.4, -0.2) is 29.8 Å². The highest BCUT2D eigenvalue weighted by Gasteiger charge is 2.36. The molecule has 0 heterocycles. The third kappa shape index (κ3) is 7.03. The van der Waals surface area contributed by atoms with Crippen LogP contribution in [0.4, 0.5) is 0 Å². The van der Waals surface area contributed by atoms with Gasteiger partial charge in [-0.25, -0.2) is 0 Å². The Balaban J connectivity index is 2.45. The van der Waals surface area contributed by atoms with E-state index < -0.39 is 13.4 Å². The van der Waals surface area contributed by atoms with Gasteiger partial charge in [-0.15, -0.1) is 0 Å². The second-order valence-electron chi connectivity index (χ2n) is 5.66. The lowest BCUT2D eigenvalue weighted by atomic mass is 10.2. The molecule has 6 heteroatoms. The molecule has 0 aliphatic rings. The highest BCUT2D eigenvalue weighted by atomic mass is 31.2. The number of ether oxygens (including phenoxy) is 1. The largest absolute Gasteiger partial charge is 0.380 e. The zero-order valence-electron chi connectivity index (χ0n) is 13.8. The van der Waals surface area contributed by atoms with Crippen molar-refractivity contribution in [3.05, 3.63) is 35.9 Å². The summed E-state index contributed by atoms with van der Waals surface area (Å²) in [6.45, 7) is 7.77.